The summed E-state index contributed by atoms with van der Waals surface area (Å²) < 4.78 is 0. The number of fused-ring (bicyclic) bond motifs is 1. The maximum absolute atomic E-state index is 12.9. The van der Waals surface area contributed by atoms with Gasteiger partial charge in [0.05, 0.1) is 17.0 Å². The summed E-state index contributed by atoms with van der Waals surface area (Å²) >= 11 is 0. The smallest absolute Gasteiger partial charge is 0.306 e. The van der Waals surface area contributed by atoms with Gasteiger partial charge in [-0.05, 0) is 31.4 Å². The Kier molecular flexibility index (Phi) is 4.03. The van der Waals surface area contributed by atoms with Crippen LogP contribution in [0, 0.1) is 18.8 Å². The molecular formula is C18H20N2O3. The zero-order valence-electron chi connectivity index (χ0n) is 13.3. The molecule has 1 aliphatic rings. The van der Waals surface area contributed by atoms with Crippen LogP contribution in [0.2, 0.25) is 0 Å². The molecule has 0 bridgehead atoms. The fraction of sp³-hybridized carbons (Fsp3) is 0.389. The zero-order chi connectivity index (χ0) is 16.6. The number of para-hydroxylation sites is 1. The fourth-order valence-corrected chi connectivity index (χ4v) is 3.35. The lowest BCUT2D eigenvalue weighted by Crippen LogP contribution is -2.45. The van der Waals surface area contributed by atoms with Crippen molar-refractivity contribution in [3.8, 4) is 0 Å². The summed E-state index contributed by atoms with van der Waals surface area (Å²) in [5.74, 6) is -1.22. The van der Waals surface area contributed by atoms with Crippen molar-refractivity contribution < 1.29 is 14.7 Å². The number of carbonyl (C=O) groups excluding carboxylic acids is 1. The third-order valence-electron chi connectivity index (χ3n) is 4.58. The first kappa shape index (κ1) is 15.5. The molecule has 1 saturated heterocycles. The maximum atomic E-state index is 12.9. The van der Waals surface area contributed by atoms with Crippen molar-refractivity contribution >= 4 is 22.8 Å². The number of likely N-dealkylation sites (tertiary alicyclic amines) is 1. The van der Waals surface area contributed by atoms with Crippen molar-refractivity contribution in [2.75, 3.05) is 13.1 Å². The van der Waals surface area contributed by atoms with Gasteiger partial charge in [0.1, 0.15) is 0 Å². The molecule has 1 fully saturated rings. The van der Waals surface area contributed by atoms with Crippen LogP contribution < -0.4 is 0 Å². The zero-order valence-corrected chi connectivity index (χ0v) is 13.3. The summed E-state index contributed by atoms with van der Waals surface area (Å²) in [4.78, 5) is 30.4. The molecule has 120 valence electrons. The molecule has 2 heterocycles. The van der Waals surface area contributed by atoms with Gasteiger partial charge in [-0.25, -0.2) is 0 Å². The van der Waals surface area contributed by atoms with Crippen molar-refractivity contribution in [2.45, 2.75) is 20.3 Å². The van der Waals surface area contributed by atoms with Crippen LogP contribution in [0.5, 0.6) is 0 Å². The Labute approximate surface area is 134 Å². The lowest BCUT2D eigenvalue weighted by Gasteiger charge is -2.35. The van der Waals surface area contributed by atoms with Crippen molar-refractivity contribution in [2.24, 2.45) is 11.8 Å². The second kappa shape index (κ2) is 5.99. The quantitative estimate of drug-likeness (QED) is 0.925. The molecule has 0 spiro atoms. The lowest BCUT2D eigenvalue weighted by molar-refractivity contribution is -0.145. The normalized spacial score (nSPS) is 21.4. The van der Waals surface area contributed by atoms with Crippen LogP contribution in [-0.4, -0.2) is 40.0 Å². The van der Waals surface area contributed by atoms with Gasteiger partial charge in [0.15, 0.2) is 0 Å². The number of amides is 1. The molecule has 2 atom stereocenters. The van der Waals surface area contributed by atoms with Gasteiger partial charge in [-0.3, -0.25) is 14.6 Å². The van der Waals surface area contributed by atoms with Gasteiger partial charge in [0, 0.05) is 24.2 Å². The van der Waals surface area contributed by atoms with Crippen molar-refractivity contribution in [1.82, 2.24) is 9.88 Å². The lowest BCUT2D eigenvalue weighted by atomic mass is 9.86. The van der Waals surface area contributed by atoms with Crippen LogP contribution in [0.15, 0.2) is 30.3 Å². The van der Waals surface area contributed by atoms with E-state index < -0.39 is 5.97 Å². The highest BCUT2D eigenvalue weighted by atomic mass is 16.4. The van der Waals surface area contributed by atoms with Gasteiger partial charge in [-0.2, -0.15) is 0 Å². The third-order valence-corrected chi connectivity index (χ3v) is 4.58. The molecule has 23 heavy (non-hydrogen) atoms. The number of carboxylic acid groups (broad SMARTS) is 1. The first-order chi connectivity index (χ1) is 11.0. The molecule has 5 nitrogen and oxygen atoms in total. The molecule has 1 aromatic heterocycles. The molecule has 2 unspecified atom stereocenters. The topological polar surface area (TPSA) is 70.5 Å². The van der Waals surface area contributed by atoms with E-state index in [1.165, 1.54) is 0 Å². The predicted molar refractivity (Wildman–Crippen MR) is 87.3 cm³/mol. The molecule has 1 aromatic carbocycles. The summed E-state index contributed by atoms with van der Waals surface area (Å²) in [7, 11) is 0. The largest absolute Gasteiger partial charge is 0.481 e. The molecule has 3 rings (SSSR count). The van der Waals surface area contributed by atoms with Gasteiger partial charge in [0.25, 0.3) is 5.91 Å². The second-order valence-corrected chi connectivity index (χ2v) is 6.29. The Hall–Kier alpha value is -2.43. The van der Waals surface area contributed by atoms with E-state index >= 15 is 0 Å². The van der Waals surface area contributed by atoms with E-state index in [0.717, 1.165) is 16.6 Å². The summed E-state index contributed by atoms with van der Waals surface area (Å²) in [6.07, 6.45) is 0.504. The number of carbonyl (C=O) groups is 2. The van der Waals surface area contributed by atoms with Crippen molar-refractivity contribution in [3.63, 3.8) is 0 Å². The molecule has 2 aromatic rings. The third kappa shape index (κ3) is 2.91. The first-order valence-electron chi connectivity index (χ1n) is 7.86. The highest BCUT2D eigenvalue weighted by Gasteiger charge is 2.33. The van der Waals surface area contributed by atoms with E-state index in [1.807, 2.05) is 44.2 Å². The SMILES string of the molecule is Cc1cc(C(=O)N2CCC(C(=O)O)C(C)C2)c2ccccc2n1. The van der Waals surface area contributed by atoms with E-state index in [9.17, 15) is 14.7 Å². The standard InChI is InChI=1S/C18H20N2O3/c1-11-10-20(8-7-13(11)18(22)23)17(21)15-9-12(2)19-16-6-4-3-5-14(15)16/h3-6,9,11,13H,7-8,10H2,1-2H3,(H,22,23). The van der Waals surface area contributed by atoms with E-state index in [4.69, 9.17) is 0 Å². The number of hydrogen-bond acceptors (Lipinski definition) is 3. The first-order valence-corrected chi connectivity index (χ1v) is 7.86. The van der Waals surface area contributed by atoms with E-state index in [0.29, 0.717) is 25.1 Å². The van der Waals surface area contributed by atoms with Crippen molar-refractivity contribution in [1.29, 1.82) is 0 Å². The van der Waals surface area contributed by atoms with Gasteiger partial charge < -0.3 is 10.0 Å². The Bertz CT molecular complexity index is 772. The highest BCUT2D eigenvalue weighted by molar-refractivity contribution is 6.06. The Balaban J connectivity index is 1.91. The molecule has 0 saturated carbocycles. The second-order valence-electron chi connectivity index (χ2n) is 6.29. The minimum absolute atomic E-state index is 0.0395. The predicted octanol–water partition coefficient (Wildman–Crippen LogP) is 2.73. The number of benzene rings is 1. The number of piperidine rings is 1. The summed E-state index contributed by atoms with van der Waals surface area (Å²) in [6.45, 7) is 4.73. The number of carboxylic acids is 1. The molecule has 5 heteroatoms. The summed E-state index contributed by atoms with van der Waals surface area (Å²) in [6, 6.07) is 9.43. The van der Waals surface area contributed by atoms with E-state index in [-0.39, 0.29) is 17.7 Å². The van der Waals surface area contributed by atoms with E-state index in [2.05, 4.69) is 4.98 Å². The molecule has 1 N–H and O–H groups in total. The molecule has 1 amide bonds. The van der Waals surface area contributed by atoms with Crippen LogP contribution in [0.25, 0.3) is 10.9 Å². The number of aliphatic carboxylic acids is 1. The average Bonchev–Trinajstić information content (AvgIpc) is 2.52. The van der Waals surface area contributed by atoms with Crippen LogP contribution >= 0.6 is 0 Å². The van der Waals surface area contributed by atoms with Crippen molar-refractivity contribution in [3.05, 3.63) is 41.6 Å². The molecule has 0 aliphatic carbocycles. The van der Waals surface area contributed by atoms with Gasteiger partial charge >= 0.3 is 5.97 Å². The monoisotopic (exact) mass is 312 g/mol. The van der Waals surface area contributed by atoms with Crippen LogP contribution in [-0.2, 0) is 4.79 Å². The fourth-order valence-electron chi connectivity index (χ4n) is 3.35. The number of rotatable bonds is 2. The summed E-state index contributed by atoms with van der Waals surface area (Å²) in [5, 5.41) is 10.1. The van der Waals surface area contributed by atoms with Crippen LogP contribution in [0.4, 0.5) is 0 Å². The number of aromatic nitrogens is 1. The maximum Gasteiger partial charge on any atom is 0.306 e. The molecule has 1 aliphatic heterocycles. The Morgan fingerprint density at radius 2 is 2.04 bits per heavy atom. The Morgan fingerprint density at radius 3 is 2.74 bits per heavy atom. The minimum Gasteiger partial charge on any atom is -0.481 e. The van der Waals surface area contributed by atoms with Gasteiger partial charge in [-0.15, -0.1) is 0 Å². The molecular weight excluding hydrogens is 292 g/mol. The highest BCUT2D eigenvalue weighted by Crippen LogP contribution is 2.26. The summed E-state index contributed by atoms with van der Waals surface area (Å²) in [5.41, 5.74) is 2.26. The Morgan fingerprint density at radius 1 is 1.30 bits per heavy atom. The minimum atomic E-state index is -0.769. The number of aryl methyl sites for hydroxylation is 1. The van der Waals surface area contributed by atoms with Gasteiger partial charge in [-0.1, -0.05) is 25.1 Å². The molecule has 0 radical (unpaired) electrons. The van der Waals surface area contributed by atoms with E-state index in [1.54, 1.807) is 4.90 Å². The van der Waals surface area contributed by atoms with Crippen LogP contribution in [0.1, 0.15) is 29.4 Å². The number of pyridine rings is 1. The average molecular weight is 312 g/mol. The number of hydrogen-bond donors (Lipinski definition) is 1. The number of nitrogens with zero attached hydrogens (tertiary/aromatic N) is 2. The van der Waals surface area contributed by atoms with Crippen LogP contribution in [0.3, 0.4) is 0 Å². The van der Waals surface area contributed by atoms with Gasteiger partial charge in [0.2, 0.25) is 0 Å².